The summed E-state index contributed by atoms with van der Waals surface area (Å²) >= 11 is 0. The average Bonchev–Trinajstić information content (AvgIpc) is 0.853. The number of hydrogen-bond acceptors (Lipinski definition) is 14. The topological polar surface area (TPSA) is 129 Å². The molecule has 0 saturated heterocycles. The van der Waals surface area contributed by atoms with E-state index in [1.807, 2.05) is 341 Å². The van der Waals surface area contributed by atoms with Crippen molar-refractivity contribution < 1.29 is 66.3 Å². The van der Waals surface area contributed by atoms with Gasteiger partial charge in [0.15, 0.2) is 0 Å². The van der Waals surface area contributed by atoms with Gasteiger partial charge in [0.05, 0.1) is 6.61 Å². The normalized spacial score (nSPS) is 10.8. The van der Waals surface area contributed by atoms with Gasteiger partial charge in [0.1, 0.15) is 167 Å². The lowest BCUT2D eigenvalue weighted by Gasteiger charge is -2.17. The summed E-state index contributed by atoms with van der Waals surface area (Å²) in [6, 6.07) is 111. The zero-order chi connectivity index (χ0) is 79.0. The molecule has 14 aromatic rings. The largest absolute Gasteiger partial charge is 0.489 e. The van der Waals surface area contributed by atoms with Gasteiger partial charge in [-0.05, 0) is 175 Å². The summed E-state index contributed by atoms with van der Waals surface area (Å²) in [7, 11) is 0. The lowest BCUT2D eigenvalue weighted by Crippen LogP contribution is -2.04. The predicted octanol–water partition coefficient (Wildman–Crippen LogP) is 22.7. The number of hydrogen-bond donors (Lipinski definition) is 0. The van der Waals surface area contributed by atoms with Crippen molar-refractivity contribution in [1.82, 2.24) is 0 Å². The summed E-state index contributed by atoms with van der Waals surface area (Å²) in [6.07, 6.45) is 5.72. The second kappa shape index (κ2) is 41.5. The van der Waals surface area contributed by atoms with Crippen LogP contribution in [0.2, 0.25) is 0 Å². The highest BCUT2D eigenvalue weighted by Crippen LogP contribution is 2.35. The molecule has 14 nitrogen and oxygen atoms in total. The lowest BCUT2D eigenvalue weighted by atomic mass is 10.1. The van der Waals surface area contributed by atoms with Gasteiger partial charge in [-0.3, -0.25) is 0 Å². The first-order chi connectivity index (χ1) is 57.2. The van der Waals surface area contributed by atoms with E-state index < -0.39 is 0 Å². The van der Waals surface area contributed by atoms with Crippen LogP contribution in [0.15, 0.2) is 340 Å². The minimum absolute atomic E-state index is 0.0899. The van der Waals surface area contributed by atoms with Gasteiger partial charge >= 0.3 is 0 Å². The van der Waals surface area contributed by atoms with E-state index in [9.17, 15) is 0 Å². The third-order valence-corrected chi connectivity index (χ3v) is 18.4. The Balaban J connectivity index is 0.735. The van der Waals surface area contributed by atoms with Crippen LogP contribution < -0.4 is 61.6 Å². The maximum absolute atomic E-state index is 6.80. The van der Waals surface area contributed by atoms with Crippen LogP contribution in [0.3, 0.4) is 0 Å². The van der Waals surface area contributed by atoms with E-state index in [0.717, 1.165) is 89.2 Å². The minimum Gasteiger partial charge on any atom is -0.489 e. The van der Waals surface area contributed by atoms with Crippen LogP contribution >= 0.6 is 0 Å². The predicted molar refractivity (Wildman–Crippen MR) is 450 cm³/mol. The Hall–Kier alpha value is -14.0. The Morgan fingerprint density at radius 2 is 0.319 bits per heavy atom. The standard InChI is InChI=1S/C102H90O14/c1-3-39-103-61-84-43-91(112-70-88-51-99(111-69-83-40-75(2)41-90(42-83)104-62-76-25-11-4-12-26-76)59-100(52-88)114-72-85-45-93(105-63-77-27-13-5-14-28-77)56-94(46-85)106-64-78-29-15-6-16-30-78)55-92(44-84)113-71-89-53-101(115-73-86-47-95(107-65-79-31-17-7-18-32-79)57-96(48-86)108-66-80-33-19-8-20-34-80)60-102(54-89)116-74-87-49-97(109-67-81-35-21-9-22-36-81)58-98(50-87)110-68-82-37-23-10-24-38-82/h1,4-38,40-60H,39,61-74H2,2H3. The molecule has 0 saturated carbocycles. The molecule has 116 heavy (non-hydrogen) atoms. The Bertz CT molecular complexity index is 5090. The van der Waals surface area contributed by atoms with Crippen molar-refractivity contribution in [2.75, 3.05) is 6.61 Å². The van der Waals surface area contributed by atoms with Crippen LogP contribution in [0.1, 0.15) is 83.5 Å². The molecule has 0 atom stereocenters. The Morgan fingerprint density at radius 1 is 0.172 bits per heavy atom. The third kappa shape index (κ3) is 25.5. The SMILES string of the molecule is C#CCOCc1cc(OCc2cc(OCc3cc(C)cc(OCc4ccccc4)c3)cc(OCc3cc(OCc4ccccc4)cc(OCc4ccccc4)c3)c2)cc(OCc2cc(OCc3cc(OCc4ccccc4)cc(OCc4ccccc4)c3)cc(OCc3cc(OCc4ccccc4)cc(OCc4ccccc4)c3)c2)c1. The van der Waals surface area contributed by atoms with Crippen LogP contribution in [0.25, 0.3) is 0 Å². The van der Waals surface area contributed by atoms with Crippen LogP contribution in [0, 0.1) is 19.3 Å². The summed E-state index contributed by atoms with van der Waals surface area (Å²) in [4.78, 5) is 0. The molecule has 14 heteroatoms. The monoisotopic (exact) mass is 1540 g/mol. The van der Waals surface area contributed by atoms with Crippen LogP contribution in [0.4, 0.5) is 0 Å². The minimum atomic E-state index is 0.0899. The highest BCUT2D eigenvalue weighted by atomic mass is 16.5. The Labute approximate surface area is 678 Å². The first-order valence-electron chi connectivity index (χ1n) is 38.6. The quantitative estimate of drug-likeness (QED) is 0.0266. The van der Waals surface area contributed by atoms with Crippen molar-refractivity contribution in [2.45, 2.75) is 99.4 Å². The van der Waals surface area contributed by atoms with Crippen molar-refractivity contribution in [3.63, 3.8) is 0 Å². The van der Waals surface area contributed by atoms with E-state index in [-0.39, 0.29) is 52.9 Å². The molecule has 14 rings (SSSR count). The van der Waals surface area contributed by atoms with E-state index in [2.05, 4.69) is 12.0 Å². The second-order valence-corrected chi connectivity index (χ2v) is 27.9. The molecule has 0 aliphatic carbocycles. The van der Waals surface area contributed by atoms with Gasteiger partial charge in [0.2, 0.25) is 0 Å². The fourth-order valence-electron chi connectivity index (χ4n) is 12.7. The number of terminal acetylenes is 1. The highest BCUT2D eigenvalue weighted by Gasteiger charge is 2.16. The number of rotatable bonds is 42. The van der Waals surface area contributed by atoms with Crippen molar-refractivity contribution in [2.24, 2.45) is 0 Å². The van der Waals surface area contributed by atoms with Gasteiger partial charge in [-0.15, -0.1) is 6.42 Å². The van der Waals surface area contributed by atoms with Crippen LogP contribution in [-0.4, -0.2) is 6.61 Å². The van der Waals surface area contributed by atoms with E-state index in [4.69, 9.17) is 72.7 Å². The molecule has 0 amide bonds. The Morgan fingerprint density at radius 3 is 0.491 bits per heavy atom. The maximum Gasteiger partial charge on any atom is 0.123 e. The fraction of sp³-hybridized carbons (Fsp3) is 0.157. The smallest absolute Gasteiger partial charge is 0.123 e. The molecular formula is C102H90O14. The summed E-state index contributed by atoms with van der Waals surface area (Å²) < 4.78 is 91.2. The van der Waals surface area contributed by atoms with Gasteiger partial charge in [-0.2, -0.15) is 0 Å². The fourth-order valence-corrected chi connectivity index (χ4v) is 12.7. The number of benzene rings is 14. The summed E-state index contributed by atoms with van der Waals surface area (Å²) in [5.41, 5.74) is 14.0. The lowest BCUT2D eigenvalue weighted by molar-refractivity contribution is 0.152. The molecule has 14 aromatic carbocycles. The molecule has 0 N–H and O–H groups in total. The molecule has 0 heterocycles. The van der Waals surface area contributed by atoms with Gasteiger partial charge in [-0.1, -0.05) is 224 Å². The summed E-state index contributed by atoms with van der Waals surface area (Å²) in [5, 5.41) is 0. The molecule has 0 aromatic heterocycles. The molecule has 0 aliphatic heterocycles. The third-order valence-electron chi connectivity index (χ3n) is 18.4. The zero-order valence-corrected chi connectivity index (χ0v) is 64.7. The van der Waals surface area contributed by atoms with Gasteiger partial charge in [0.25, 0.3) is 0 Å². The van der Waals surface area contributed by atoms with E-state index in [1.165, 1.54) is 0 Å². The first-order valence-corrected chi connectivity index (χ1v) is 38.6. The first kappa shape index (κ1) is 78.7. The molecular weight excluding hydrogens is 1450 g/mol. The molecule has 0 bridgehead atoms. The van der Waals surface area contributed by atoms with Crippen molar-refractivity contribution in [3.05, 3.63) is 423 Å². The van der Waals surface area contributed by atoms with Crippen LogP contribution in [-0.2, 0) is 97.2 Å². The van der Waals surface area contributed by atoms with Crippen LogP contribution in [0.5, 0.6) is 74.7 Å². The number of aryl methyl sites for hydroxylation is 1. The molecule has 0 radical (unpaired) electrons. The molecule has 0 spiro atoms. The summed E-state index contributed by atoms with van der Waals surface area (Å²) in [6.45, 7) is 5.90. The van der Waals surface area contributed by atoms with E-state index in [1.54, 1.807) is 0 Å². The Kier molecular flexibility index (Phi) is 28.1. The van der Waals surface area contributed by atoms with Crippen molar-refractivity contribution in [3.8, 4) is 87.1 Å². The van der Waals surface area contributed by atoms with E-state index in [0.29, 0.717) is 115 Å². The highest BCUT2D eigenvalue weighted by molar-refractivity contribution is 5.47. The van der Waals surface area contributed by atoms with Gasteiger partial charge in [-0.25, -0.2) is 0 Å². The van der Waals surface area contributed by atoms with Crippen molar-refractivity contribution in [1.29, 1.82) is 0 Å². The van der Waals surface area contributed by atoms with Gasteiger partial charge < -0.3 is 66.3 Å². The second-order valence-electron chi connectivity index (χ2n) is 27.9. The average molecular weight is 1540 g/mol. The summed E-state index contributed by atoms with van der Waals surface area (Å²) in [5.74, 6) is 10.4. The molecule has 0 unspecified atom stereocenters. The van der Waals surface area contributed by atoms with Gasteiger partial charge in [0, 0.05) is 36.4 Å². The molecule has 582 valence electrons. The zero-order valence-electron chi connectivity index (χ0n) is 64.7. The van der Waals surface area contributed by atoms with Crippen molar-refractivity contribution >= 4 is 0 Å². The molecule has 0 aliphatic rings. The molecule has 0 fully saturated rings. The number of ether oxygens (including phenoxy) is 14. The maximum atomic E-state index is 6.80. The van der Waals surface area contributed by atoms with E-state index >= 15 is 0 Å².